The van der Waals surface area contributed by atoms with Crippen molar-refractivity contribution in [1.29, 1.82) is 0 Å². The highest BCUT2D eigenvalue weighted by molar-refractivity contribution is 7.89. The molecule has 0 saturated heterocycles. The monoisotopic (exact) mass is 568 g/mol. The number of nitrogen functional groups attached to an aromatic ring is 1. The van der Waals surface area contributed by atoms with Crippen molar-refractivity contribution in [2.45, 2.75) is 68.0 Å². The molecule has 2 heterocycles. The lowest BCUT2D eigenvalue weighted by Gasteiger charge is -2.46. The summed E-state index contributed by atoms with van der Waals surface area (Å²) in [5.74, 6) is -1.40. The predicted octanol–water partition coefficient (Wildman–Crippen LogP) is 2.78. The quantitative estimate of drug-likeness (QED) is 0.349. The fourth-order valence-electron chi connectivity index (χ4n) is 5.56. The Balaban J connectivity index is 0.000000392. The molecule has 0 spiro atoms. The molecule has 0 radical (unpaired) electrons. The van der Waals surface area contributed by atoms with Crippen molar-refractivity contribution in [1.82, 2.24) is 24.3 Å². The number of nitrogens with one attached hydrogen (secondary N) is 1. The van der Waals surface area contributed by atoms with Crippen molar-refractivity contribution in [3.05, 3.63) is 35.8 Å². The summed E-state index contributed by atoms with van der Waals surface area (Å²) in [7, 11) is -3.72. The summed E-state index contributed by atoms with van der Waals surface area (Å²) in [5.41, 5.74) is 8.40. The third-order valence-electron chi connectivity index (χ3n) is 7.63. The summed E-state index contributed by atoms with van der Waals surface area (Å²) in [5, 5.41) is 21.4. The van der Waals surface area contributed by atoms with Crippen LogP contribution in [-0.2, 0) is 14.8 Å². The zero-order chi connectivity index (χ0) is 28.4. The number of rotatable bonds is 6. The van der Waals surface area contributed by atoms with Gasteiger partial charge < -0.3 is 15.9 Å². The first-order valence-corrected chi connectivity index (χ1v) is 13.7. The standard InChI is InChI=1S/C22H26N6O3S.C2HF3O2/c1-13-2-5-15(32(30,31)27-22-7-6-21(10-22,11-22)12-29)8-16(13)17-9-24-20-18(23)25-19(14-3-4-14)26-28(17)20;3-2(4,5)1(6)7/h2,5,8-9,14,27,29H,3-4,6-7,10-12H2,1H3,(H2,23,25,26);(H,6,7). The van der Waals surface area contributed by atoms with Gasteiger partial charge in [0.25, 0.3) is 0 Å². The summed E-state index contributed by atoms with van der Waals surface area (Å²) in [4.78, 5) is 17.9. The highest BCUT2D eigenvalue weighted by Crippen LogP contribution is 2.61. The minimum Gasteiger partial charge on any atom is -0.475 e. The summed E-state index contributed by atoms with van der Waals surface area (Å²) in [6, 6.07) is 5.12. The van der Waals surface area contributed by atoms with Crippen LogP contribution in [0.5, 0.6) is 0 Å². The van der Waals surface area contributed by atoms with E-state index in [1.54, 1.807) is 28.9 Å². The van der Waals surface area contributed by atoms with Crippen molar-refractivity contribution in [2.24, 2.45) is 5.41 Å². The fraction of sp³-hybridized carbons (Fsp3) is 0.500. The average molecular weight is 569 g/mol. The summed E-state index contributed by atoms with van der Waals surface area (Å²) in [6.45, 7) is 2.05. The molecule has 1 aromatic carbocycles. The molecular weight excluding hydrogens is 541 g/mol. The van der Waals surface area contributed by atoms with Gasteiger partial charge in [-0.2, -0.15) is 18.3 Å². The summed E-state index contributed by atoms with van der Waals surface area (Å²) >= 11 is 0. The van der Waals surface area contributed by atoms with Gasteiger partial charge in [0.15, 0.2) is 17.3 Å². The smallest absolute Gasteiger partial charge is 0.475 e. The normalized spacial score (nSPS) is 24.2. The number of hydrogen-bond acceptors (Lipinski definition) is 8. The van der Waals surface area contributed by atoms with Crippen LogP contribution in [0.2, 0.25) is 0 Å². The second-order valence-electron chi connectivity index (χ2n) is 10.7. The van der Waals surface area contributed by atoms with Gasteiger partial charge in [0.2, 0.25) is 10.0 Å². The lowest BCUT2D eigenvalue weighted by molar-refractivity contribution is -0.192. The van der Waals surface area contributed by atoms with Crippen molar-refractivity contribution in [3.63, 3.8) is 0 Å². The van der Waals surface area contributed by atoms with E-state index in [1.807, 2.05) is 6.92 Å². The Labute approximate surface area is 221 Å². The van der Waals surface area contributed by atoms with Crippen LogP contribution in [0.25, 0.3) is 16.9 Å². The van der Waals surface area contributed by atoms with E-state index in [1.165, 1.54) is 0 Å². The maximum Gasteiger partial charge on any atom is 0.490 e. The molecular formula is C24H27F3N6O5S. The molecule has 210 valence electrons. The second kappa shape index (κ2) is 9.13. The third-order valence-corrected chi connectivity index (χ3v) is 9.21. The largest absolute Gasteiger partial charge is 0.490 e. The minimum absolute atomic E-state index is 0.101. The number of sulfonamides is 1. The van der Waals surface area contributed by atoms with Crippen LogP contribution in [-0.4, -0.2) is 62.5 Å². The molecule has 4 saturated carbocycles. The number of nitrogens with zero attached hydrogens (tertiary/aromatic N) is 4. The Morgan fingerprint density at radius 1 is 1.26 bits per heavy atom. The summed E-state index contributed by atoms with van der Waals surface area (Å²) < 4.78 is 62.9. The molecule has 2 aromatic heterocycles. The van der Waals surface area contributed by atoms with Crippen LogP contribution in [0.4, 0.5) is 19.0 Å². The fourth-order valence-corrected chi connectivity index (χ4v) is 7.02. The number of aryl methyl sites for hydroxylation is 1. The molecule has 39 heavy (non-hydrogen) atoms. The van der Waals surface area contributed by atoms with Gasteiger partial charge >= 0.3 is 12.1 Å². The number of aliphatic hydroxyl groups excluding tert-OH is 1. The molecule has 4 aliphatic rings. The van der Waals surface area contributed by atoms with E-state index in [4.69, 9.17) is 15.6 Å². The average Bonchev–Trinajstić information content (AvgIpc) is 3.38. The number of aliphatic carboxylic acids is 1. The number of imidazole rings is 1. The third kappa shape index (κ3) is 5.05. The number of aromatic nitrogens is 4. The second-order valence-corrected chi connectivity index (χ2v) is 12.4. The number of alkyl halides is 3. The highest BCUT2D eigenvalue weighted by Gasteiger charge is 2.61. The lowest BCUT2D eigenvalue weighted by atomic mass is 9.66. The first kappa shape index (κ1) is 27.3. The number of carboxylic acids is 1. The Hall–Kier alpha value is -3.30. The molecule has 0 unspecified atom stereocenters. The van der Waals surface area contributed by atoms with Crippen LogP contribution in [0, 0.1) is 12.3 Å². The number of aliphatic hydroxyl groups is 1. The molecule has 5 N–H and O–H groups in total. The summed E-state index contributed by atoms with van der Waals surface area (Å²) in [6.07, 6.45) is 1.69. The molecule has 0 aliphatic heterocycles. The molecule has 0 amide bonds. The number of benzene rings is 1. The van der Waals surface area contributed by atoms with Crippen LogP contribution in [0.3, 0.4) is 0 Å². The van der Waals surface area contributed by atoms with E-state index in [0.717, 1.165) is 36.8 Å². The number of hydrogen-bond donors (Lipinski definition) is 4. The molecule has 3 aromatic rings. The van der Waals surface area contributed by atoms with Gasteiger partial charge in [-0.05, 0) is 68.6 Å². The molecule has 11 nitrogen and oxygen atoms in total. The van der Waals surface area contributed by atoms with Crippen LogP contribution in [0.15, 0.2) is 29.3 Å². The number of nitrogens with two attached hydrogens (primary N) is 1. The van der Waals surface area contributed by atoms with Gasteiger partial charge in [0, 0.05) is 23.6 Å². The van der Waals surface area contributed by atoms with Crippen molar-refractivity contribution in [3.8, 4) is 11.3 Å². The maximum atomic E-state index is 13.3. The molecule has 2 bridgehead atoms. The minimum atomic E-state index is -5.08. The number of carbonyl (C=O) groups is 1. The molecule has 4 fully saturated rings. The first-order valence-electron chi connectivity index (χ1n) is 12.2. The number of fused-ring (bicyclic) bond motifs is 2. The van der Waals surface area contributed by atoms with Gasteiger partial charge in [-0.3, -0.25) is 0 Å². The van der Waals surface area contributed by atoms with Gasteiger partial charge in [-0.1, -0.05) is 6.07 Å². The Morgan fingerprint density at radius 2 is 1.92 bits per heavy atom. The first-order chi connectivity index (χ1) is 18.2. The van der Waals surface area contributed by atoms with Gasteiger partial charge in [-0.25, -0.2) is 32.4 Å². The van der Waals surface area contributed by atoms with Crippen molar-refractivity contribution < 1.29 is 36.6 Å². The van der Waals surface area contributed by atoms with E-state index < -0.39 is 27.7 Å². The predicted molar refractivity (Wildman–Crippen MR) is 132 cm³/mol. The van der Waals surface area contributed by atoms with E-state index in [-0.39, 0.29) is 16.9 Å². The topological polar surface area (TPSA) is 173 Å². The number of halogens is 3. The SMILES string of the molecule is Cc1ccc(S(=O)(=O)NC23CCC(CO)(C2)C3)cc1-c1cnc2c(N)nc(C3CC3)nn12.O=C(O)C(F)(F)F. The van der Waals surface area contributed by atoms with E-state index in [9.17, 15) is 26.7 Å². The lowest BCUT2D eigenvalue weighted by Crippen LogP contribution is -2.56. The maximum absolute atomic E-state index is 13.3. The van der Waals surface area contributed by atoms with Crippen molar-refractivity contribution in [2.75, 3.05) is 12.3 Å². The van der Waals surface area contributed by atoms with Crippen LogP contribution < -0.4 is 10.5 Å². The van der Waals surface area contributed by atoms with Crippen molar-refractivity contribution >= 4 is 27.5 Å². The number of anilines is 1. The van der Waals surface area contributed by atoms with Crippen LogP contribution >= 0.6 is 0 Å². The van der Waals surface area contributed by atoms with E-state index in [2.05, 4.69) is 19.8 Å². The van der Waals surface area contributed by atoms with Gasteiger partial charge in [0.1, 0.15) is 0 Å². The van der Waals surface area contributed by atoms with E-state index in [0.29, 0.717) is 41.7 Å². The van der Waals surface area contributed by atoms with Gasteiger partial charge in [0.05, 0.1) is 16.8 Å². The zero-order valence-electron chi connectivity index (χ0n) is 20.9. The zero-order valence-corrected chi connectivity index (χ0v) is 21.7. The molecule has 4 aliphatic carbocycles. The Bertz CT molecular complexity index is 1560. The van der Waals surface area contributed by atoms with E-state index >= 15 is 0 Å². The number of carboxylic acid groups (broad SMARTS) is 1. The molecule has 15 heteroatoms. The molecule has 7 rings (SSSR count). The Kier molecular flexibility index (Phi) is 6.38. The highest BCUT2D eigenvalue weighted by atomic mass is 32.2. The molecule has 0 atom stereocenters. The Morgan fingerprint density at radius 3 is 2.49 bits per heavy atom. The van der Waals surface area contributed by atoms with Crippen LogP contribution in [0.1, 0.15) is 55.8 Å². The van der Waals surface area contributed by atoms with Gasteiger partial charge in [-0.15, -0.1) is 0 Å².